The molecule has 0 aliphatic carbocycles. The van der Waals surface area contributed by atoms with E-state index >= 15 is 0 Å². The van der Waals surface area contributed by atoms with E-state index in [1.165, 1.54) is 0 Å². The highest BCUT2D eigenvalue weighted by atomic mass is 16.1. The molecule has 2 rings (SSSR count). The van der Waals surface area contributed by atoms with Gasteiger partial charge in [0.15, 0.2) is 0 Å². The lowest BCUT2D eigenvalue weighted by Crippen LogP contribution is -2.57. The summed E-state index contributed by atoms with van der Waals surface area (Å²) in [5.41, 5.74) is 0.0467. The van der Waals surface area contributed by atoms with Crippen molar-refractivity contribution in [3.05, 3.63) is 0 Å². The molecule has 122 valence electrons. The Morgan fingerprint density at radius 2 is 1.81 bits per heavy atom. The first kappa shape index (κ1) is 16.7. The average molecular weight is 296 g/mol. The highest BCUT2D eigenvalue weighted by Gasteiger charge is 2.29. The molecule has 0 atom stereocenters. The first-order valence-corrected chi connectivity index (χ1v) is 8.38. The summed E-state index contributed by atoms with van der Waals surface area (Å²) < 4.78 is 0. The van der Waals surface area contributed by atoms with Crippen molar-refractivity contribution in [2.45, 2.75) is 38.6 Å². The van der Waals surface area contributed by atoms with E-state index in [2.05, 4.69) is 41.3 Å². The van der Waals surface area contributed by atoms with Crippen molar-refractivity contribution in [2.24, 2.45) is 5.92 Å². The highest BCUT2D eigenvalue weighted by Crippen LogP contribution is 2.17. The van der Waals surface area contributed by atoms with Gasteiger partial charge in [-0.2, -0.15) is 0 Å². The van der Waals surface area contributed by atoms with Crippen LogP contribution in [0.4, 0.5) is 0 Å². The summed E-state index contributed by atoms with van der Waals surface area (Å²) in [4.78, 5) is 17.0. The van der Waals surface area contributed by atoms with Gasteiger partial charge in [0.1, 0.15) is 0 Å². The second-order valence-corrected chi connectivity index (χ2v) is 7.28. The predicted octanol–water partition coefficient (Wildman–Crippen LogP) is 0.518. The molecule has 21 heavy (non-hydrogen) atoms. The summed E-state index contributed by atoms with van der Waals surface area (Å²) in [6.07, 6.45) is 2.96. The van der Waals surface area contributed by atoms with Crippen LogP contribution in [0.5, 0.6) is 0 Å². The first-order chi connectivity index (χ1) is 9.97. The van der Waals surface area contributed by atoms with E-state index in [9.17, 15) is 4.79 Å². The maximum atomic E-state index is 12.1. The zero-order valence-electron chi connectivity index (χ0n) is 14.0. The third-order valence-corrected chi connectivity index (χ3v) is 5.01. The molecular weight excluding hydrogens is 264 g/mol. The SMILES string of the molecule is CN1CCN(C(C)(C)CNC(=O)CC2CCNCC2)CC1. The van der Waals surface area contributed by atoms with Crippen LogP contribution in [0.2, 0.25) is 0 Å². The maximum absolute atomic E-state index is 12.1. The number of carbonyl (C=O) groups is 1. The number of hydrogen-bond donors (Lipinski definition) is 2. The van der Waals surface area contributed by atoms with Gasteiger partial charge in [0.05, 0.1) is 0 Å². The number of piperazine rings is 1. The van der Waals surface area contributed by atoms with Gasteiger partial charge in [-0.05, 0) is 52.7 Å². The monoisotopic (exact) mass is 296 g/mol. The number of rotatable bonds is 5. The highest BCUT2D eigenvalue weighted by molar-refractivity contribution is 5.76. The minimum Gasteiger partial charge on any atom is -0.354 e. The molecule has 2 fully saturated rings. The Morgan fingerprint density at radius 3 is 2.43 bits per heavy atom. The minimum atomic E-state index is 0.0467. The van der Waals surface area contributed by atoms with Crippen LogP contribution in [0.15, 0.2) is 0 Å². The van der Waals surface area contributed by atoms with Crippen LogP contribution in [-0.4, -0.2) is 74.1 Å². The first-order valence-electron chi connectivity index (χ1n) is 8.38. The lowest BCUT2D eigenvalue weighted by Gasteiger charge is -2.43. The molecule has 2 saturated heterocycles. The van der Waals surface area contributed by atoms with E-state index in [0.717, 1.165) is 58.7 Å². The van der Waals surface area contributed by atoms with Crippen molar-refractivity contribution in [1.29, 1.82) is 0 Å². The maximum Gasteiger partial charge on any atom is 0.220 e. The Bertz CT molecular complexity index is 331. The zero-order valence-corrected chi connectivity index (χ0v) is 14.0. The molecule has 5 nitrogen and oxygen atoms in total. The second kappa shape index (κ2) is 7.56. The average Bonchev–Trinajstić information content (AvgIpc) is 2.47. The molecule has 0 bridgehead atoms. The normalized spacial score (nSPS) is 23.2. The molecular formula is C16H32N4O. The van der Waals surface area contributed by atoms with Crippen LogP contribution in [0.1, 0.15) is 33.1 Å². The molecule has 1 amide bonds. The molecule has 2 heterocycles. The lowest BCUT2D eigenvalue weighted by molar-refractivity contribution is -0.122. The van der Waals surface area contributed by atoms with E-state index in [1.807, 2.05) is 0 Å². The molecule has 5 heteroatoms. The van der Waals surface area contributed by atoms with Crippen LogP contribution in [0.25, 0.3) is 0 Å². The summed E-state index contributed by atoms with van der Waals surface area (Å²) in [5.74, 6) is 0.794. The van der Waals surface area contributed by atoms with E-state index < -0.39 is 0 Å². The third kappa shape index (κ3) is 5.24. The number of likely N-dealkylation sites (N-methyl/N-ethyl adjacent to an activating group) is 1. The molecule has 0 aromatic rings. The van der Waals surface area contributed by atoms with Gasteiger partial charge in [-0.15, -0.1) is 0 Å². The van der Waals surface area contributed by atoms with Crippen LogP contribution in [-0.2, 0) is 4.79 Å². The van der Waals surface area contributed by atoms with Crippen molar-refractivity contribution in [3.8, 4) is 0 Å². The lowest BCUT2D eigenvalue weighted by atomic mass is 9.94. The van der Waals surface area contributed by atoms with E-state index in [4.69, 9.17) is 0 Å². The molecule has 2 N–H and O–H groups in total. The summed E-state index contributed by atoms with van der Waals surface area (Å²) in [6, 6.07) is 0. The van der Waals surface area contributed by atoms with Gasteiger partial charge in [-0.25, -0.2) is 0 Å². The fourth-order valence-corrected chi connectivity index (χ4v) is 3.26. The largest absolute Gasteiger partial charge is 0.354 e. The van der Waals surface area contributed by atoms with Gasteiger partial charge >= 0.3 is 0 Å². The fraction of sp³-hybridized carbons (Fsp3) is 0.938. The summed E-state index contributed by atoms with van der Waals surface area (Å²) in [6.45, 7) is 11.8. The number of carbonyl (C=O) groups excluding carboxylic acids is 1. The van der Waals surface area contributed by atoms with E-state index in [1.54, 1.807) is 0 Å². The van der Waals surface area contributed by atoms with Crippen LogP contribution < -0.4 is 10.6 Å². The molecule has 0 unspecified atom stereocenters. The van der Waals surface area contributed by atoms with E-state index in [0.29, 0.717) is 12.3 Å². The molecule has 0 saturated carbocycles. The van der Waals surface area contributed by atoms with Gasteiger partial charge in [0, 0.05) is 44.7 Å². The Balaban J connectivity index is 1.71. The van der Waals surface area contributed by atoms with Gasteiger partial charge in [-0.1, -0.05) is 0 Å². The molecule has 0 spiro atoms. The van der Waals surface area contributed by atoms with Crippen molar-refractivity contribution < 1.29 is 4.79 Å². The second-order valence-electron chi connectivity index (χ2n) is 7.28. The quantitative estimate of drug-likeness (QED) is 0.776. The van der Waals surface area contributed by atoms with Crippen molar-refractivity contribution in [3.63, 3.8) is 0 Å². The van der Waals surface area contributed by atoms with Crippen molar-refractivity contribution in [2.75, 3.05) is 52.9 Å². The molecule has 0 aromatic carbocycles. The molecule has 0 aromatic heterocycles. The van der Waals surface area contributed by atoms with Crippen LogP contribution >= 0.6 is 0 Å². The number of piperidine rings is 1. The number of hydrogen-bond acceptors (Lipinski definition) is 4. The van der Waals surface area contributed by atoms with Gasteiger partial charge in [-0.3, -0.25) is 9.69 Å². The van der Waals surface area contributed by atoms with Gasteiger partial charge < -0.3 is 15.5 Å². The summed E-state index contributed by atoms with van der Waals surface area (Å²) >= 11 is 0. The Labute approximate surface area is 129 Å². The predicted molar refractivity (Wildman–Crippen MR) is 86.4 cm³/mol. The zero-order chi connectivity index (χ0) is 15.3. The van der Waals surface area contributed by atoms with E-state index in [-0.39, 0.29) is 11.4 Å². The molecule has 2 aliphatic rings. The summed E-state index contributed by atoms with van der Waals surface area (Å²) in [5, 5.41) is 6.51. The summed E-state index contributed by atoms with van der Waals surface area (Å²) in [7, 11) is 2.17. The van der Waals surface area contributed by atoms with Crippen LogP contribution in [0, 0.1) is 5.92 Å². The van der Waals surface area contributed by atoms with Crippen molar-refractivity contribution in [1.82, 2.24) is 20.4 Å². The standard InChI is InChI=1S/C16H32N4O/c1-16(2,20-10-8-19(3)9-11-20)13-18-15(21)12-14-4-6-17-7-5-14/h14,17H,4-13H2,1-3H3,(H,18,21). The number of nitrogens with one attached hydrogen (secondary N) is 2. The Morgan fingerprint density at radius 1 is 1.19 bits per heavy atom. The third-order valence-electron chi connectivity index (χ3n) is 5.01. The fourth-order valence-electron chi connectivity index (χ4n) is 3.26. The van der Waals surface area contributed by atoms with Gasteiger partial charge in [0.25, 0.3) is 0 Å². The van der Waals surface area contributed by atoms with Crippen LogP contribution in [0.3, 0.4) is 0 Å². The van der Waals surface area contributed by atoms with Gasteiger partial charge in [0.2, 0.25) is 5.91 Å². The topological polar surface area (TPSA) is 47.6 Å². The van der Waals surface area contributed by atoms with Crippen molar-refractivity contribution >= 4 is 5.91 Å². The Kier molecular flexibility index (Phi) is 6.02. The smallest absolute Gasteiger partial charge is 0.220 e. The minimum absolute atomic E-state index is 0.0467. The Hall–Kier alpha value is -0.650. The molecule has 2 aliphatic heterocycles. The number of amides is 1. The number of nitrogens with zero attached hydrogens (tertiary/aromatic N) is 2. The molecule has 0 radical (unpaired) electrons.